The first-order valence-electron chi connectivity index (χ1n) is 6.96. The fraction of sp³-hybridized carbons (Fsp3) is 0.188. The molecule has 0 fully saturated rings. The number of nitrogens with zero attached hydrogens (tertiary/aromatic N) is 1. The lowest BCUT2D eigenvalue weighted by Crippen LogP contribution is -2.30. The van der Waals surface area contributed by atoms with Gasteiger partial charge in [0.15, 0.2) is 11.9 Å². The van der Waals surface area contributed by atoms with E-state index in [2.05, 4.69) is 5.32 Å². The minimum Gasteiger partial charge on any atom is -0.474 e. The highest BCUT2D eigenvalue weighted by atomic mass is 35.5. The Hall–Kier alpha value is -2.31. The lowest BCUT2D eigenvalue weighted by molar-refractivity contribution is -0.386. The number of nitro benzene ring substituents is 1. The summed E-state index contributed by atoms with van der Waals surface area (Å²) in [5.41, 5.74) is 0.777. The molecule has 1 amide bonds. The number of halogens is 2. The SMILES string of the molecule is Cc1ccc(O[C@@H](C)C(=O)Nc2c(Cl)cccc2Cl)c([N+](=O)[O-])c1. The minimum atomic E-state index is -0.987. The van der Waals surface area contributed by atoms with E-state index in [1.165, 1.54) is 19.1 Å². The van der Waals surface area contributed by atoms with E-state index in [0.29, 0.717) is 5.56 Å². The molecule has 2 rings (SSSR count). The maximum Gasteiger partial charge on any atom is 0.311 e. The van der Waals surface area contributed by atoms with Gasteiger partial charge in [-0.3, -0.25) is 14.9 Å². The summed E-state index contributed by atoms with van der Waals surface area (Å²) in [5.74, 6) is -0.515. The molecule has 0 aliphatic heterocycles. The van der Waals surface area contributed by atoms with Crippen LogP contribution in [-0.2, 0) is 4.79 Å². The summed E-state index contributed by atoms with van der Waals surface area (Å²) in [6, 6.07) is 9.32. The van der Waals surface area contributed by atoms with Gasteiger partial charge in [-0.15, -0.1) is 0 Å². The third-order valence-corrected chi connectivity index (χ3v) is 3.83. The lowest BCUT2D eigenvalue weighted by Gasteiger charge is -2.16. The van der Waals surface area contributed by atoms with Gasteiger partial charge in [-0.2, -0.15) is 0 Å². The van der Waals surface area contributed by atoms with Crippen LogP contribution in [0.4, 0.5) is 11.4 Å². The highest BCUT2D eigenvalue weighted by Gasteiger charge is 2.22. The van der Waals surface area contributed by atoms with Crippen LogP contribution in [0.1, 0.15) is 12.5 Å². The first-order valence-corrected chi connectivity index (χ1v) is 7.71. The molecule has 2 aromatic carbocycles. The van der Waals surface area contributed by atoms with Crippen LogP contribution in [0.2, 0.25) is 10.0 Å². The molecule has 8 heteroatoms. The molecule has 0 heterocycles. The van der Waals surface area contributed by atoms with Crippen LogP contribution in [-0.4, -0.2) is 16.9 Å². The Kier molecular flexibility index (Phi) is 5.64. The molecule has 0 saturated heterocycles. The average Bonchev–Trinajstić information content (AvgIpc) is 2.52. The van der Waals surface area contributed by atoms with E-state index in [-0.39, 0.29) is 27.2 Å². The molecule has 2 aromatic rings. The summed E-state index contributed by atoms with van der Waals surface area (Å²) in [6.07, 6.45) is -0.987. The zero-order chi connectivity index (χ0) is 17.9. The van der Waals surface area contributed by atoms with Crippen molar-refractivity contribution >= 4 is 40.5 Å². The quantitative estimate of drug-likeness (QED) is 0.616. The molecule has 1 N–H and O–H groups in total. The van der Waals surface area contributed by atoms with E-state index < -0.39 is 16.9 Å². The summed E-state index contributed by atoms with van der Waals surface area (Å²) < 4.78 is 5.44. The predicted molar refractivity (Wildman–Crippen MR) is 93.0 cm³/mol. The third kappa shape index (κ3) is 4.15. The van der Waals surface area contributed by atoms with Crippen molar-refractivity contribution in [1.29, 1.82) is 0 Å². The smallest absolute Gasteiger partial charge is 0.311 e. The fourth-order valence-electron chi connectivity index (χ4n) is 1.96. The second-order valence-corrected chi connectivity index (χ2v) is 5.89. The molecule has 0 spiro atoms. The van der Waals surface area contributed by atoms with Gasteiger partial charge in [-0.05, 0) is 37.6 Å². The van der Waals surface area contributed by atoms with E-state index in [4.69, 9.17) is 27.9 Å². The van der Waals surface area contributed by atoms with Gasteiger partial charge in [0.1, 0.15) is 0 Å². The van der Waals surface area contributed by atoms with Crippen LogP contribution >= 0.6 is 23.2 Å². The number of anilines is 1. The van der Waals surface area contributed by atoms with Crippen molar-refractivity contribution in [2.24, 2.45) is 0 Å². The van der Waals surface area contributed by atoms with Crippen molar-refractivity contribution in [1.82, 2.24) is 0 Å². The fourth-order valence-corrected chi connectivity index (χ4v) is 2.45. The first kappa shape index (κ1) is 18.0. The summed E-state index contributed by atoms with van der Waals surface area (Å²) in [5, 5.41) is 14.2. The Morgan fingerprint density at radius 1 is 1.25 bits per heavy atom. The van der Waals surface area contributed by atoms with Gasteiger partial charge >= 0.3 is 5.69 Å². The molecule has 6 nitrogen and oxygen atoms in total. The Morgan fingerprint density at radius 3 is 2.46 bits per heavy atom. The largest absolute Gasteiger partial charge is 0.474 e. The van der Waals surface area contributed by atoms with Crippen molar-refractivity contribution in [3.05, 3.63) is 62.1 Å². The highest BCUT2D eigenvalue weighted by Crippen LogP contribution is 2.31. The van der Waals surface area contributed by atoms with Crippen LogP contribution in [0.15, 0.2) is 36.4 Å². The second-order valence-electron chi connectivity index (χ2n) is 5.07. The van der Waals surface area contributed by atoms with Crippen LogP contribution in [0.25, 0.3) is 0 Å². The molecular formula is C16H14Cl2N2O4. The summed E-state index contributed by atoms with van der Waals surface area (Å²) in [7, 11) is 0. The van der Waals surface area contributed by atoms with Crippen molar-refractivity contribution in [3.63, 3.8) is 0 Å². The molecule has 0 bridgehead atoms. The van der Waals surface area contributed by atoms with E-state index in [1.54, 1.807) is 31.2 Å². The number of benzene rings is 2. The summed E-state index contributed by atoms with van der Waals surface area (Å²) in [6.45, 7) is 3.20. The molecule has 0 unspecified atom stereocenters. The van der Waals surface area contributed by atoms with Crippen LogP contribution < -0.4 is 10.1 Å². The number of aryl methyl sites for hydroxylation is 1. The predicted octanol–water partition coefficient (Wildman–Crippen LogP) is 4.62. The molecule has 24 heavy (non-hydrogen) atoms. The van der Waals surface area contributed by atoms with Gasteiger partial charge in [0.25, 0.3) is 5.91 Å². The summed E-state index contributed by atoms with van der Waals surface area (Å²) >= 11 is 12.0. The van der Waals surface area contributed by atoms with Crippen molar-refractivity contribution in [2.75, 3.05) is 5.32 Å². The van der Waals surface area contributed by atoms with Crippen LogP contribution in [0.5, 0.6) is 5.75 Å². The molecule has 0 aliphatic rings. The Balaban J connectivity index is 2.17. The van der Waals surface area contributed by atoms with Gasteiger partial charge < -0.3 is 10.1 Å². The van der Waals surface area contributed by atoms with Gasteiger partial charge in [0, 0.05) is 6.07 Å². The average molecular weight is 369 g/mol. The number of rotatable bonds is 5. The standard InChI is InChI=1S/C16H14Cl2N2O4/c1-9-6-7-14(13(8-9)20(22)23)24-10(2)16(21)19-15-11(17)4-3-5-12(15)18/h3-8,10H,1-2H3,(H,19,21)/t10-/m0/s1. The lowest BCUT2D eigenvalue weighted by atomic mass is 10.2. The van der Waals surface area contributed by atoms with E-state index in [0.717, 1.165) is 0 Å². The van der Waals surface area contributed by atoms with E-state index >= 15 is 0 Å². The number of nitro groups is 1. The maximum absolute atomic E-state index is 12.2. The molecule has 0 aliphatic carbocycles. The minimum absolute atomic E-state index is 0.0125. The van der Waals surface area contributed by atoms with Crippen molar-refractivity contribution in [2.45, 2.75) is 20.0 Å². The normalized spacial score (nSPS) is 11.7. The van der Waals surface area contributed by atoms with Crippen molar-refractivity contribution < 1.29 is 14.5 Å². The monoisotopic (exact) mass is 368 g/mol. The van der Waals surface area contributed by atoms with Crippen LogP contribution in [0, 0.1) is 17.0 Å². The topological polar surface area (TPSA) is 81.5 Å². The highest BCUT2D eigenvalue weighted by molar-refractivity contribution is 6.39. The molecule has 126 valence electrons. The van der Waals surface area contributed by atoms with Gasteiger partial charge in [-0.1, -0.05) is 35.3 Å². The van der Waals surface area contributed by atoms with E-state index in [9.17, 15) is 14.9 Å². The van der Waals surface area contributed by atoms with Gasteiger partial charge in [0.2, 0.25) is 0 Å². The molecule has 1 atom stereocenters. The molecule has 0 aromatic heterocycles. The first-order chi connectivity index (χ1) is 11.3. The number of para-hydroxylation sites is 1. The van der Waals surface area contributed by atoms with E-state index in [1.807, 2.05) is 0 Å². The van der Waals surface area contributed by atoms with Gasteiger partial charge in [0.05, 0.1) is 20.7 Å². The number of ether oxygens (including phenoxy) is 1. The number of hydrogen-bond donors (Lipinski definition) is 1. The Morgan fingerprint density at radius 2 is 1.88 bits per heavy atom. The van der Waals surface area contributed by atoms with Crippen molar-refractivity contribution in [3.8, 4) is 5.75 Å². The maximum atomic E-state index is 12.2. The zero-order valence-corrected chi connectivity index (χ0v) is 14.4. The summed E-state index contributed by atoms with van der Waals surface area (Å²) in [4.78, 5) is 22.8. The Bertz CT molecular complexity index is 775. The number of carbonyl (C=O) groups excluding carboxylic acids is 1. The molecular weight excluding hydrogens is 355 g/mol. The van der Waals surface area contributed by atoms with Gasteiger partial charge in [-0.25, -0.2) is 0 Å². The molecule has 0 radical (unpaired) electrons. The molecule has 0 saturated carbocycles. The number of nitrogens with one attached hydrogen (secondary N) is 1. The Labute approximate surface area is 148 Å². The third-order valence-electron chi connectivity index (χ3n) is 3.20. The number of hydrogen-bond acceptors (Lipinski definition) is 4. The number of amides is 1. The zero-order valence-electron chi connectivity index (χ0n) is 12.9. The van der Waals surface area contributed by atoms with Crippen LogP contribution in [0.3, 0.4) is 0 Å². The second kappa shape index (κ2) is 7.51. The number of carbonyl (C=O) groups is 1.